The van der Waals surface area contributed by atoms with Crippen molar-refractivity contribution in [2.45, 2.75) is 25.8 Å². The number of carbonyl (C=O) groups is 1. The Morgan fingerprint density at radius 2 is 2.20 bits per heavy atom. The molecule has 2 rings (SSSR count). The van der Waals surface area contributed by atoms with Gasteiger partial charge in [-0.2, -0.15) is 0 Å². The van der Waals surface area contributed by atoms with Gasteiger partial charge < -0.3 is 16.0 Å². The predicted molar refractivity (Wildman–Crippen MR) is 83.2 cm³/mol. The summed E-state index contributed by atoms with van der Waals surface area (Å²) in [7, 11) is 0. The highest BCUT2D eigenvalue weighted by Crippen LogP contribution is 2.10. The van der Waals surface area contributed by atoms with Gasteiger partial charge in [0.2, 0.25) is 5.91 Å². The van der Waals surface area contributed by atoms with E-state index in [9.17, 15) is 4.79 Å². The number of nitrogen functional groups attached to an aromatic ring is 1. The third kappa shape index (κ3) is 4.38. The van der Waals surface area contributed by atoms with Crippen molar-refractivity contribution in [1.82, 2.24) is 10.2 Å². The number of nitrogens with zero attached hydrogens (tertiary/aromatic N) is 1. The van der Waals surface area contributed by atoms with E-state index in [1.54, 1.807) is 6.08 Å². The Morgan fingerprint density at radius 1 is 1.45 bits per heavy atom. The van der Waals surface area contributed by atoms with Crippen molar-refractivity contribution in [3.8, 4) is 0 Å². The molecule has 1 atom stereocenters. The van der Waals surface area contributed by atoms with E-state index in [0.717, 1.165) is 43.7 Å². The van der Waals surface area contributed by atoms with Gasteiger partial charge >= 0.3 is 0 Å². The number of rotatable bonds is 4. The van der Waals surface area contributed by atoms with Crippen molar-refractivity contribution in [3.05, 3.63) is 35.9 Å². The molecule has 1 unspecified atom stereocenters. The molecule has 4 nitrogen and oxygen atoms in total. The Morgan fingerprint density at radius 3 is 2.90 bits per heavy atom. The minimum atomic E-state index is -0.0234. The molecule has 1 saturated heterocycles. The topological polar surface area (TPSA) is 58.4 Å². The molecule has 0 radical (unpaired) electrons. The summed E-state index contributed by atoms with van der Waals surface area (Å²) >= 11 is 0. The highest BCUT2D eigenvalue weighted by atomic mass is 16.1. The molecule has 1 heterocycles. The molecule has 4 heteroatoms. The number of benzene rings is 1. The Kier molecular flexibility index (Phi) is 5.18. The second kappa shape index (κ2) is 7.10. The Hall–Kier alpha value is -1.81. The molecule has 0 aromatic heterocycles. The first kappa shape index (κ1) is 14.6. The number of hydrogen-bond donors (Lipinski definition) is 2. The number of nitrogens with two attached hydrogens (primary N) is 1. The van der Waals surface area contributed by atoms with Gasteiger partial charge in [-0.15, -0.1) is 0 Å². The highest BCUT2D eigenvalue weighted by Gasteiger charge is 2.19. The molecule has 1 amide bonds. The fourth-order valence-electron chi connectivity index (χ4n) is 2.49. The number of hydrogen-bond acceptors (Lipinski definition) is 3. The van der Waals surface area contributed by atoms with Crippen molar-refractivity contribution in [3.63, 3.8) is 0 Å². The lowest BCUT2D eigenvalue weighted by atomic mass is 10.1. The summed E-state index contributed by atoms with van der Waals surface area (Å²) < 4.78 is 0. The number of likely N-dealkylation sites (N-methyl/N-ethyl adjacent to an activating group) is 1. The van der Waals surface area contributed by atoms with Crippen LogP contribution in [0.5, 0.6) is 0 Å². The van der Waals surface area contributed by atoms with E-state index >= 15 is 0 Å². The van der Waals surface area contributed by atoms with Gasteiger partial charge in [0.25, 0.3) is 0 Å². The summed E-state index contributed by atoms with van der Waals surface area (Å²) in [6.45, 7) is 5.31. The van der Waals surface area contributed by atoms with Gasteiger partial charge in [-0.25, -0.2) is 0 Å². The summed E-state index contributed by atoms with van der Waals surface area (Å²) in [6, 6.07) is 7.74. The van der Waals surface area contributed by atoms with Crippen molar-refractivity contribution >= 4 is 17.7 Å². The molecule has 1 aliphatic rings. The lowest BCUT2D eigenvalue weighted by Gasteiger charge is -2.31. The maximum absolute atomic E-state index is 11.9. The van der Waals surface area contributed by atoms with E-state index in [1.807, 2.05) is 30.3 Å². The second-order valence-corrected chi connectivity index (χ2v) is 5.24. The number of nitrogens with one attached hydrogen (secondary N) is 1. The van der Waals surface area contributed by atoms with Crippen LogP contribution in [0.25, 0.3) is 6.08 Å². The Balaban J connectivity index is 1.84. The number of piperidine rings is 1. The average molecular weight is 273 g/mol. The minimum Gasteiger partial charge on any atom is -0.399 e. The number of amides is 1. The van der Waals surface area contributed by atoms with E-state index in [-0.39, 0.29) is 11.9 Å². The maximum Gasteiger partial charge on any atom is 0.244 e. The molecular weight excluding hydrogens is 250 g/mol. The first-order chi connectivity index (χ1) is 9.67. The second-order valence-electron chi connectivity index (χ2n) is 5.24. The van der Waals surface area contributed by atoms with Gasteiger partial charge in [0.1, 0.15) is 0 Å². The van der Waals surface area contributed by atoms with Crippen molar-refractivity contribution in [2.24, 2.45) is 0 Å². The lowest BCUT2D eigenvalue weighted by Crippen LogP contribution is -2.47. The van der Waals surface area contributed by atoms with Gasteiger partial charge in [-0.3, -0.25) is 4.79 Å². The summed E-state index contributed by atoms with van der Waals surface area (Å²) in [5.74, 6) is -0.0234. The molecule has 0 bridgehead atoms. The maximum atomic E-state index is 11.9. The monoisotopic (exact) mass is 273 g/mol. The van der Waals surface area contributed by atoms with Crippen LogP contribution < -0.4 is 11.1 Å². The van der Waals surface area contributed by atoms with Crippen LogP contribution in [0.1, 0.15) is 25.3 Å². The van der Waals surface area contributed by atoms with E-state index in [1.165, 1.54) is 0 Å². The standard InChI is InChI=1S/C16H23N3O/c1-2-19-11-3-4-15(12-19)18-16(20)10-7-13-5-8-14(17)9-6-13/h5-10,15H,2-4,11-12,17H2,1H3,(H,18,20)/b10-7+. The van der Waals surface area contributed by atoms with E-state index < -0.39 is 0 Å². The third-order valence-electron chi connectivity index (χ3n) is 3.66. The Bertz CT molecular complexity index is 467. The molecule has 1 aromatic rings. The zero-order chi connectivity index (χ0) is 14.4. The van der Waals surface area contributed by atoms with Gasteiger partial charge in [-0.1, -0.05) is 19.1 Å². The van der Waals surface area contributed by atoms with Gasteiger partial charge in [-0.05, 0) is 49.7 Å². The van der Waals surface area contributed by atoms with Crippen molar-refractivity contribution < 1.29 is 4.79 Å². The van der Waals surface area contributed by atoms with Crippen LogP contribution >= 0.6 is 0 Å². The fraction of sp³-hybridized carbons (Fsp3) is 0.438. The van der Waals surface area contributed by atoms with E-state index in [2.05, 4.69) is 17.1 Å². The summed E-state index contributed by atoms with van der Waals surface area (Å²) in [5, 5.41) is 3.07. The first-order valence-corrected chi connectivity index (χ1v) is 7.24. The lowest BCUT2D eigenvalue weighted by molar-refractivity contribution is -0.117. The molecular formula is C16H23N3O. The van der Waals surface area contributed by atoms with Gasteiger partial charge in [0.15, 0.2) is 0 Å². The van der Waals surface area contributed by atoms with Crippen LogP contribution in [0.3, 0.4) is 0 Å². The van der Waals surface area contributed by atoms with Crippen LogP contribution in [0.15, 0.2) is 30.3 Å². The smallest absolute Gasteiger partial charge is 0.244 e. The van der Waals surface area contributed by atoms with Gasteiger partial charge in [0, 0.05) is 24.4 Å². The SMILES string of the molecule is CCN1CCCC(NC(=O)/C=C/c2ccc(N)cc2)C1. The van der Waals surface area contributed by atoms with Crippen LogP contribution in [-0.2, 0) is 4.79 Å². The van der Waals surface area contributed by atoms with Crippen LogP contribution in [0, 0.1) is 0 Å². The largest absolute Gasteiger partial charge is 0.399 e. The molecule has 20 heavy (non-hydrogen) atoms. The average Bonchev–Trinajstić information content (AvgIpc) is 2.47. The number of carbonyl (C=O) groups excluding carboxylic acids is 1. The quantitative estimate of drug-likeness (QED) is 0.650. The predicted octanol–water partition coefficient (Wildman–Crippen LogP) is 1.88. The third-order valence-corrected chi connectivity index (χ3v) is 3.66. The zero-order valence-electron chi connectivity index (χ0n) is 12.0. The molecule has 0 aliphatic carbocycles. The van der Waals surface area contributed by atoms with Crippen LogP contribution in [0.2, 0.25) is 0 Å². The normalized spacial score (nSPS) is 20.1. The molecule has 1 fully saturated rings. The van der Waals surface area contributed by atoms with Crippen LogP contribution in [-0.4, -0.2) is 36.5 Å². The molecule has 108 valence electrons. The van der Waals surface area contributed by atoms with E-state index in [4.69, 9.17) is 5.73 Å². The summed E-state index contributed by atoms with van der Waals surface area (Å²) in [6.07, 6.45) is 5.63. The van der Waals surface area contributed by atoms with E-state index in [0.29, 0.717) is 0 Å². The summed E-state index contributed by atoms with van der Waals surface area (Å²) in [4.78, 5) is 14.3. The molecule has 1 aliphatic heterocycles. The molecule has 0 saturated carbocycles. The van der Waals surface area contributed by atoms with Crippen molar-refractivity contribution in [2.75, 3.05) is 25.4 Å². The van der Waals surface area contributed by atoms with Crippen molar-refractivity contribution in [1.29, 1.82) is 0 Å². The molecule has 1 aromatic carbocycles. The van der Waals surface area contributed by atoms with Crippen LogP contribution in [0.4, 0.5) is 5.69 Å². The highest BCUT2D eigenvalue weighted by molar-refractivity contribution is 5.91. The number of anilines is 1. The minimum absolute atomic E-state index is 0.0234. The first-order valence-electron chi connectivity index (χ1n) is 7.24. The van der Waals surface area contributed by atoms with Gasteiger partial charge in [0.05, 0.1) is 0 Å². The summed E-state index contributed by atoms with van der Waals surface area (Å²) in [5.41, 5.74) is 7.33. The zero-order valence-corrected chi connectivity index (χ0v) is 12.0. The molecule has 3 N–H and O–H groups in total. The number of likely N-dealkylation sites (tertiary alicyclic amines) is 1. The Labute approximate surface area is 120 Å². The fourth-order valence-corrected chi connectivity index (χ4v) is 2.49. The molecule has 0 spiro atoms.